The molecule has 0 aromatic carbocycles. The summed E-state index contributed by atoms with van der Waals surface area (Å²) in [6.45, 7) is 2.96. The van der Waals surface area contributed by atoms with Crippen LogP contribution in [0.4, 0.5) is 0 Å². The van der Waals surface area contributed by atoms with Crippen molar-refractivity contribution in [3.05, 3.63) is 12.7 Å². The Balaban J connectivity index is 0. The van der Waals surface area contributed by atoms with Crippen molar-refractivity contribution in [2.75, 3.05) is 0 Å². The molecule has 0 heterocycles. The Kier molecular flexibility index (Phi) is 16.6. The molecule has 0 rings (SSSR count). The third kappa shape index (κ3) is 27.4. The van der Waals surface area contributed by atoms with E-state index in [2.05, 4.69) is 6.58 Å². The second kappa shape index (κ2) is 16.2. The molecule has 6 nitrogen and oxygen atoms in total. The van der Waals surface area contributed by atoms with Gasteiger partial charge in [-0.25, -0.2) is 4.79 Å². The van der Waals surface area contributed by atoms with E-state index in [0.29, 0.717) is 0 Å². The predicted molar refractivity (Wildman–Crippen MR) is 79.3 cm³/mol. The maximum Gasteiger partial charge on any atom is 0.327 e. The van der Waals surface area contributed by atoms with Crippen molar-refractivity contribution in [1.82, 2.24) is 0 Å². The highest BCUT2D eigenvalue weighted by molar-refractivity contribution is 5.78. The summed E-state index contributed by atoms with van der Waals surface area (Å²) in [7, 11) is 0. The molecule has 3 N–H and O–H groups in total. The molecule has 6 heteroatoms. The molecule has 0 aliphatic heterocycles. The SMILES string of the molecule is C=CC(=O)O.O=C(O)CCCCCCCCCCC(=O)O. The average molecular weight is 302 g/mol. The van der Waals surface area contributed by atoms with Gasteiger partial charge in [-0.1, -0.05) is 45.1 Å². The van der Waals surface area contributed by atoms with E-state index in [4.69, 9.17) is 15.3 Å². The molecule has 0 aliphatic rings. The molecular formula is C15H26O6. The Morgan fingerprint density at radius 3 is 1.10 bits per heavy atom. The van der Waals surface area contributed by atoms with E-state index >= 15 is 0 Å². The fourth-order valence-corrected chi connectivity index (χ4v) is 1.61. The molecule has 0 spiro atoms. The van der Waals surface area contributed by atoms with Crippen molar-refractivity contribution < 1.29 is 29.7 Å². The van der Waals surface area contributed by atoms with Gasteiger partial charge in [0.05, 0.1) is 0 Å². The molecule has 0 saturated heterocycles. The van der Waals surface area contributed by atoms with Crippen molar-refractivity contribution in [1.29, 1.82) is 0 Å². The van der Waals surface area contributed by atoms with Crippen molar-refractivity contribution in [2.24, 2.45) is 0 Å². The molecule has 122 valence electrons. The molecule has 0 atom stereocenters. The first-order chi connectivity index (χ1) is 9.90. The number of hydrogen-bond acceptors (Lipinski definition) is 3. The fraction of sp³-hybridized carbons (Fsp3) is 0.667. The van der Waals surface area contributed by atoms with E-state index in [1.807, 2.05) is 0 Å². The van der Waals surface area contributed by atoms with Gasteiger partial charge in [-0.05, 0) is 12.8 Å². The zero-order valence-corrected chi connectivity index (χ0v) is 12.4. The number of unbranched alkanes of at least 4 members (excludes halogenated alkanes) is 7. The number of carboxylic acid groups (broad SMARTS) is 3. The van der Waals surface area contributed by atoms with Crippen LogP contribution in [0, 0.1) is 0 Å². The third-order valence-corrected chi connectivity index (χ3v) is 2.71. The van der Waals surface area contributed by atoms with Gasteiger partial charge in [-0.2, -0.15) is 0 Å². The normalized spacial score (nSPS) is 9.33. The van der Waals surface area contributed by atoms with Crippen molar-refractivity contribution >= 4 is 17.9 Å². The molecule has 0 amide bonds. The van der Waals surface area contributed by atoms with Crippen LogP contribution in [0.5, 0.6) is 0 Å². The lowest BCUT2D eigenvalue weighted by Gasteiger charge is -2.00. The summed E-state index contributed by atoms with van der Waals surface area (Å²) >= 11 is 0. The summed E-state index contributed by atoms with van der Waals surface area (Å²) in [6.07, 6.45) is 9.35. The number of carbonyl (C=O) groups is 3. The molecule has 0 unspecified atom stereocenters. The zero-order valence-electron chi connectivity index (χ0n) is 12.4. The van der Waals surface area contributed by atoms with E-state index in [9.17, 15) is 14.4 Å². The molecule has 0 saturated carbocycles. The number of rotatable bonds is 12. The van der Waals surface area contributed by atoms with Crippen molar-refractivity contribution in [2.45, 2.75) is 64.2 Å². The Hall–Kier alpha value is -1.85. The topological polar surface area (TPSA) is 112 Å². The van der Waals surface area contributed by atoms with Gasteiger partial charge in [0.2, 0.25) is 0 Å². The summed E-state index contributed by atoms with van der Waals surface area (Å²) < 4.78 is 0. The summed E-state index contributed by atoms with van der Waals surface area (Å²) in [6, 6.07) is 0. The molecule has 0 fully saturated rings. The van der Waals surface area contributed by atoms with E-state index in [-0.39, 0.29) is 12.8 Å². The Labute approximate surface area is 125 Å². The molecule has 21 heavy (non-hydrogen) atoms. The highest BCUT2D eigenvalue weighted by Crippen LogP contribution is 2.10. The first-order valence-corrected chi connectivity index (χ1v) is 7.19. The second-order valence-electron chi connectivity index (χ2n) is 4.66. The van der Waals surface area contributed by atoms with Gasteiger partial charge in [0.15, 0.2) is 0 Å². The Bertz CT molecular complexity index is 289. The van der Waals surface area contributed by atoms with Gasteiger partial charge in [0.25, 0.3) is 0 Å². The van der Waals surface area contributed by atoms with Crippen LogP contribution >= 0.6 is 0 Å². The fourth-order valence-electron chi connectivity index (χ4n) is 1.61. The van der Waals surface area contributed by atoms with Gasteiger partial charge in [0.1, 0.15) is 0 Å². The van der Waals surface area contributed by atoms with Crippen LogP contribution in [0.3, 0.4) is 0 Å². The Morgan fingerprint density at radius 1 is 0.667 bits per heavy atom. The minimum absolute atomic E-state index is 0.276. The first kappa shape index (κ1) is 21.4. The van der Waals surface area contributed by atoms with Crippen LogP contribution in [0.2, 0.25) is 0 Å². The number of carboxylic acids is 3. The molecule has 0 radical (unpaired) electrons. The maximum absolute atomic E-state index is 10.2. The largest absolute Gasteiger partial charge is 0.481 e. The van der Waals surface area contributed by atoms with Gasteiger partial charge in [-0.3, -0.25) is 9.59 Å². The third-order valence-electron chi connectivity index (χ3n) is 2.71. The molecular weight excluding hydrogens is 276 g/mol. The summed E-state index contributed by atoms with van der Waals surface area (Å²) in [5.41, 5.74) is 0. The van der Waals surface area contributed by atoms with Crippen molar-refractivity contribution in [3.63, 3.8) is 0 Å². The molecule has 0 bridgehead atoms. The number of hydrogen-bond donors (Lipinski definition) is 3. The van der Waals surface area contributed by atoms with E-state index in [1.165, 1.54) is 0 Å². The lowest BCUT2D eigenvalue weighted by molar-refractivity contribution is -0.138. The minimum Gasteiger partial charge on any atom is -0.481 e. The highest BCUT2D eigenvalue weighted by atomic mass is 16.4. The van der Waals surface area contributed by atoms with Crippen LogP contribution in [0.1, 0.15) is 64.2 Å². The van der Waals surface area contributed by atoms with E-state index in [0.717, 1.165) is 57.4 Å². The molecule has 0 aromatic heterocycles. The van der Waals surface area contributed by atoms with Crippen LogP contribution in [0.15, 0.2) is 12.7 Å². The van der Waals surface area contributed by atoms with Gasteiger partial charge < -0.3 is 15.3 Å². The highest BCUT2D eigenvalue weighted by Gasteiger charge is 1.98. The molecule has 0 aliphatic carbocycles. The Morgan fingerprint density at radius 2 is 0.905 bits per heavy atom. The number of aliphatic carboxylic acids is 3. The lowest BCUT2D eigenvalue weighted by atomic mass is 10.1. The van der Waals surface area contributed by atoms with E-state index < -0.39 is 17.9 Å². The standard InChI is InChI=1S/C12H22O4.C3H4O2/c13-11(14)9-7-5-3-1-2-4-6-8-10-12(15)16;1-2-3(4)5/h1-10H2,(H,13,14)(H,15,16);2H,1H2,(H,4,5). The smallest absolute Gasteiger partial charge is 0.327 e. The average Bonchev–Trinajstić information content (AvgIpc) is 2.40. The van der Waals surface area contributed by atoms with Crippen LogP contribution in [-0.2, 0) is 14.4 Å². The van der Waals surface area contributed by atoms with Crippen molar-refractivity contribution in [3.8, 4) is 0 Å². The van der Waals surface area contributed by atoms with Crippen LogP contribution in [-0.4, -0.2) is 33.2 Å². The van der Waals surface area contributed by atoms with Gasteiger partial charge in [-0.15, -0.1) is 0 Å². The second-order valence-corrected chi connectivity index (χ2v) is 4.66. The maximum atomic E-state index is 10.2. The predicted octanol–water partition coefficient (Wildman–Crippen LogP) is 3.31. The summed E-state index contributed by atoms with van der Waals surface area (Å²) in [5, 5.41) is 24.4. The quantitative estimate of drug-likeness (QED) is 0.376. The first-order valence-electron chi connectivity index (χ1n) is 7.19. The van der Waals surface area contributed by atoms with Crippen LogP contribution in [0.25, 0.3) is 0 Å². The monoisotopic (exact) mass is 302 g/mol. The minimum atomic E-state index is -0.981. The van der Waals surface area contributed by atoms with Crippen LogP contribution < -0.4 is 0 Å². The van der Waals surface area contributed by atoms with E-state index in [1.54, 1.807) is 0 Å². The molecule has 0 aromatic rings. The zero-order chi connectivity index (χ0) is 16.5. The summed E-state index contributed by atoms with van der Waals surface area (Å²) in [5.74, 6) is -2.41. The van der Waals surface area contributed by atoms with Gasteiger partial charge >= 0.3 is 17.9 Å². The summed E-state index contributed by atoms with van der Waals surface area (Å²) in [4.78, 5) is 29.7. The lowest BCUT2D eigenvalue weighted by Crippen LogP contribution is -1.94. The van der Waals surface area contributed by atoms with Gasteiger partial charge in [0, 0.05) is 18.9 Å².